The molecular weight excluding hydrogens is 408 g/mol. The van der Waals surface area contributed by atoms with Crippen molar-refractivity contribution in [3.05, 3.63) is 66.5 Å². The molecular formula is C26H29ClN2O2. The van der Waals surface area contributed by atoms with Crippen LogP contribution < -0.4 is 4.74 Å². The van der Waals surface area contributed by atoms with Crippen molar-refractivity contribution in [2.75, 3.05) is 0 Å². The Labute approximate surface area is 189 Å². The predicted molar refractivity (Wildman–Crippen MR) is 126 cm³/mol. The van der Waals surface area contributed by atoms with Crippen LogP contribution in [0.25, 0.3) is 22.5 Å². The summed E-state index contributed by atoms with van der Waals surface area (Å²) in [5.74, 6) is 0.888. The zero-order valence-electron chi connectivity index (χ0n) is 18.3. The van der Waals surface area contributed by atoms with Gasteiger partial charge in [-0.15, -0.1) is 11.6 Å². The maximum absolute atomic E-state index is 12.1. The highest BCUT2D eigenvalue weighted by Crippen LogP contribution is 2.26. The minimum atomic E-state index is -0.639. The number of hydrogen-bond donors (Lipinski definition) is 0. The van der Waals surface area contributed by atoms with Crippen molar-refractivity contribution in [3.8, 4) is 28.3 Å². The van der Waals surface area contributed by atoms with Gasteiger partial charge in [-0.1, -0.05) is 70.0 Å². The van der Waals surface area contributed by atoms with E-state index in [0.29, 0.717) is 5.75 Å². The van der Waals surface area contributed by atoms with Gasteiger partial charge in [-0.3, -0.25) is 4.79 Å². The van der Waals surface area contributed by atoms with Gasteiger partial charge >= 0.3 is 5.97 Å². The van der Waals surface area contributed by atoms with Crippen molar-refractivity contribution in [1.82, 2.24) is 9.97 Å². The van der Waals surface area contributed by atoms with E-state index in [4.69, 9.17) is 16.3 Å². The van der Waals surface area contributed by atoms with Gasteiger partial charge in [0.25, 0.3) is 0 Å². The van der Waals surface area contributed by atoms with Crippen molar-refractivity contribution < 1.29 is 9.53 Å². The fourth-order valence-corrected chi connectivity index (χ4v) is 3.38. The third-order valence-corrected chi connectivity index (χ3v) is 6.05. The predicted octanol–water partition coefficient (Wildman–Crippen LogP) is 6.71. The smallest absolute Gasteiger partial charge is 0.329 e. The highest BCUT2D eigenvalue weighted by Gasteiger charge is 2.23. The van der Waals surface area contributed by atoms with Crippen LogP contribution in [0, 0.1) is 5.92 Å². The first-order valence-electron chi connectivity index (χ1n) is 10.9. The van der Waals surface area contributed by atoms with Crippen LogP contribution >= 0.6 is 11.6 Å². The molecule has 3 rings (SSSR count). The number of esters is 1. The summed E-state index contributed by atoms with van der Waals surface area (Å²) in [7, 11) is 0. The first-order valence-corrected chi connectivity index (χ1v) is 11.3. The van der Waals surface area contributed by atoms with Crippen LogP contribution in [0.4, 0.5) is 0 Å². The van der Waals surface area contributed by atoms with Gasteiger partial charge in [0.2, 0.25) is 0 Å². The van der Waals surface area contributed by atoms with Crippen LogP contribution in [0.3, 0.4) is 0 Å². The second kappa shape index (κ2) is 11.1. The average Bonchev–Trinajstić information content (AvgIpc) is 2.82. The van der Waals surface area contributed by atoms with Gasteiger partial charge in [0.05, 0.1) is 0 Å². The second-order valence-corrected chi connectivity index (χ2v) is 8.30. The molecule has 0 N–H and O–H groups in total. The molecule has 0 radical (unpaired) electrons. The van der Waals surface area contributed by atoms with Crippen LogP contribution in [0.2, 0.25) is 0 Å². The molecule has 0 fully saturated rings. The lowest BCUT2D eigenvalue weighted by Gasteiger charge is -2.15. The zero-order valence-corrected chi connectivity index (χ0v) is 19.1. The quantitative estimate of drug-likeness (QED) is 0.212. The second-order valence-electron chi connectivity index (χ2n) is 7.83. The molecule has 0 amide bonds. The number of carbonyl (C=O) groups excluding carboxylic acids is 1. The van der Waals surface area contributed by atoms with Gasteiger partial charge in [0.1, 0.15) is 11.1 Å². The highest BCUT2D eigenvalue weighted by molar-refractivity contribution is 6.30. The Hall–Kier alpha value is -2.72. The standard InChI is InChI=1S/C26H29ClN2O2/c1-4-6-7-19-16-28-25(29-17-19)22-10-8-20(9-11-22)21-12-14-23(15-13-21)31-26(30)24(27)18(3)5-2/h8-18,24H,4-7H2,1-3H3/t18-,24-/m0/s1. The Kier molecular flexibility index (Phi) is 8.19. The first kappa shape index (κ1) is 23.0. The van der Waals surface area contributed by atoms with E-state index in [1.807, 2.05) is 62.6 Å². The molecule has 2 aromatic carbocycles. The van der Waals surface area contributed by atoms with Crippen LogP contribution in [-0.2, 0) is 11.2 Å². The molecule has 0 saturated heterocycles. The Bertz CT molecular complexity index is 970. The Morgan fingerprint density at radius 1 is 0.935 bits per heavy atom. The van der Waals surface area contributed by atoms with E-state index in [1.165, 1.54) is 5.56 Å². The number of nitrogens with zero attached hydrogens (tertiary/aromatic N) is 2. The van der Waals surface area contributed by atoms with Gasteiger partial charge < -0.3 is 4.74 Å². The van der Waals surface area contributed by atoms with E-state index in [9.17, 15) is 4.79 Å². The lowest BCUT2D eigenvalue weighted by atomic mass is 10.0. The molecule has 31 heavy (non-hydrogen) atoms. The molecule has 3 aromatic rings. The largest absolute Gasteiger partial charge is 0.425 e. The van der Waals surface area contributed by atoms with Crippen LogP contribution in [0.1, 0.15) is 45.6 Å². The van der Waals surface area contributed by atoms with Crippen LogP contribution in [0.5, 0.6) is 5.75 Å². The van der Waals surface area contributed by atoms with Crippen molar-refractivity contribution in [2.45, 2.75) is 51.8 Å². The molecule has 0 unspecified atom stereocenters. The molecule has 0 spiro atoms. The molecule has 162 valence electrons. The van der Waals surface area contributed by atoms with E-state index in [0.717, 1.165) is 48.2 Å². The maximum Gasteiger partial charge on any atom is 0.329 e. The van der Waals surface area contributed by atoms with E-state index >= 15 is 0 Å². The summed E-state index contributed by atoms with van der Waals surface area (Å²) in [4.78, 5) is 21.2. The van der Waals surface area contributed by atoms with Crippen molar-refractivity contribution in [1.29, 1.82) is 0 Å². The molecule has 1 aromatic heterocycles. The van der Waals surface area contributed by atoms with E-state index in [1.54, 1.807) is 12.1 Å². The Morgan fingerprint density at radius 3 is 2.03 bits per heavy atom. The molecule has 0 aliphatic rings. The zero-order chi connectivity index (χ0) is 22.2. The molecule has 0 aliphatic heterocycles. The lowest BCUT2D eigenvalue weighted by Crippen LogP contribution is -2.26. The van der Waals surface area contributed by atoms with Crippen molar-refractivity contribution in [2.24, 2.45) is 5.92 Å². The number of benzene rings is 2. The lowest BCUT2D eigenvalue weighted by molar-refractivity contribution is -0.134. The third kappa shape index (κ3) is 6.14. The highest BCUT2D eigenvalue weighted by atomic mass is 35.5. The fraction of sp³-hybridized carbons (Fsp3) is 0.346. The normalized spacial score (nSPS) is 12.9. The number of aromatic nitrogens is 2. The minimum Gasteiger partial charge on any atom is -0.425 e. The monoisotopic (exact) mass is 436 g/mol. The number of hydrogen-bond acceptors (Lipinski definition) is 4. The van der Waals surface area contributed by atoms with Gasteiger partial charge in [0.15, 0.2) is 5.82 Å². The summed E-state index contributed by atoms with van der Waals surface area (Å²) in [6.07, 6.45) is 7.99. The summed E-state index contributed by atoms with van der Waals surface area (Å²) in [5, 5.41) is -0.639. The Morgan fingerprint density at radius 2 is 1.48 bits per heavy atom. The fourth-order valence-electron chi connectivity index (χ4n) is 3.15. The van der Waals surface area contributed by atoms with E-state index in [-0.39, 0.29) is 5.92 Å². The third-order valence-electron chi connectivity index (χ3n) is 5.44. The van der Waals surface area contributed by atoms with Crippen molar-refractivity contribution >= 4 is 17.6 Å². The number of aryl methyl sites for hydroxylation is 1. The SMILES string of the molecule is CCCCc1cnc(-c2ccc(-c3ccc(OC(=O)[C@@H](Cl)[C@@H](C)CC)cc3)cc2)nc1. The number of carbonyl (C=O) groups is 1. The average molecular weight is 437 g/mol. The molecule has 1 heterocycles. The minimum absolute atomic E-state index is 0.0727. The van der Waals surface area contributed by atoms with Gasteiger partial charge in [-0.25, -0.2) is 9.97 Å². The summed E-state index contributed by atoms with van der Waals surface area (Å²) in [6.45, 7) is 6.12. The van der Waals surface area contributed by atoms with Gasteiger partial charge in [-0.05, 0) is 47.6 Å². The summed E-state index contributed by atoms with van der Waals surface area (Å²) in [5.41, 5.74) is 4.25. The number of alkyl halides is 1. The summed E-state index contributed by atoms with van der Waals surface area (Å²) >= 11 is 6.17. The van der Waals surface area contributed by atoms with Crippen LogP contribution in [0.15, 0.2) is 60.9 Å². The van der Waals surface area contributed by atoms with Crippen LogP contribution in [-0.4, -0.2) is 21.3 Å². The van der Waals surface area contributed by atoms with Crippen molar-refractivity contribution in [3.63, 3.8) is 0 Å². The molecule has 5 heteroatoms. The van der Waals surface area contributed by atoms with E-state index in [2.05, 4.69) is 16.9 Å². The molecule has 0 bridgehead atoms. The molecule has 2 atom stereocenters. The number of rotatable bonds is 9. The van der Waals surface area contributed by atoms with Gasteiger partial charge in [0, 0.05) is 18.0 Å². The van der Waals surface area contributed by atoms with Gasteiger partial charge in [-0.2, -0.15) is 0 Å². The first-order chi connectivity index (χ1) is 15.0. The Balaban J connectivity index is 1.65. The maximum atomic E-state index is 12.1. The molecule has 0 saturated carbocycles. The summed E-state index contributed by atoms with van der Waals surface area (Å²) in [6, 6.07) is 15.6. The van der Waals surface area contributed by atoms with E-state index < -0.39 is 11.3 Å². The molecule has 4 nitrogen and oxygen atoms in total. The molecule has 0 aliphatic carbocycles. The summed E-state index contributed by atoms with van der Waals surface area (Å²) < 4.78 is 5.41. The topological polar surface area (TPSA) is 52.1 Å². The number of ether oxygens (including phenoxy) is 1. The number of unbranched alkanes of at least 4 members (excludes halogenated alkanes) is 1. The number of halogens is 1.